The van der Waals surface area contributed by atoms with Crippen LogP contribution in [-0.2, 0) is 0 Å². The first-order valence-electron chi connectivity index (χ1n) is 5.91. The third kappa shape index (κ3) is 2.00. The number of thiophene rings is 1. The summed E-state index contributed by atoms with van der Waals surface area (Å²) in [6.45, 7) is 2.13. The van der Waals surface area contributed by atoms with Crippen molar-refractivity contribution in [2.75, 3.05) is 7.11 Å². The summed E-state index contributed by atoms with van der Waals surface area (Å²) >= 11 is 1.84. The second kappa shape index (κ2) is 4.46. The molecule has 0 aliphatic carbocycles. The smallest absolute Gasteiger partial charge is 0.118 e. The molecule has 0 aliphatic rings. The predicted molar refractivity (Wildman–Crippen MR) is 78.6 cm³/mol. The first-order chi connectivity index (χ1) is 8.76. The van der Waals surface area contributed by atoms with Gasteiger partial charge in [0, 0.05) is 9.58 Å². The number of hydrogen-bond acceptors (Lipinski definition) is 2. The minimum atomic E-state index is 0.899. The van der Waals surface area contributed by atoms with Crippen molar-refractivity contribution in [3.8, 4) is 16.2 Å². The summed E-state index contributed by atoms with van der Waals surface area (Å²) < 4.78 is 6.53. The lowest BCUT2D eigenvalue weighted by molar-refractivity contribution is 0.415. The Bertz CT molecular complexity index is 680. The van der Waals surface area contributed by atoms with Crippen LogP contribution in [0.25, 0.3) is 20.5 Å². The third-order valence-electron chi connectivity index (χ3n) is 3.05. The van der Waals surface area contributed by atoms with Crippen LogP contribution in [0.4, 0.5) is 0 Å². The largest absolute Gasteiger partial charge is 0.497 e. The highest BCUT2D eigenvalue weighted by molar-refractivity contribution is 7.22. The quantitative estimate of drug-likeness (QED) is 0.633. The lowest BCUT2D eigenvalue weighted by Gasteiger charge is -2.00. The minimum absolute atomic E-state index is 0.899. The lowest BCUT2D eigenvalue weighted by Crippen LogP contribution is -1.81. The molecule has 2 heteroatoms. The number of hydrogen-bond donors (Lipinski definition) is 0. The first kappa shape index (κ1) is 11.3. The molecule has 0 atom stereocenters. The average Bonchev–Trinajstić information content (AvgIpc) is 2.81. The van der Waals surface area contributed by atoms with Crippen LogP contribution in [0.3, 0.4) is 0 Å². The van der Waals surface area contributed by atoms with E-state index in [4.69, 9.17) is 4.74 Å². The molecule has 0 N–H and O–H groups in total. The van der Waals surface area contributed by atoms with E-state index >= 15 is 0 Å². The van der Waals surface area contributed by atoms with Crippen LogP contribution < -0.4 is 4.74 Å². The van der Waals surface area contributed by atoms with Gasteiger partial charge in [-0.05, 0) is 59.8 Å². The molecule has 1 nitrogen and oxygen atoms in total. The monoisotopic (exact) mass is 254 g/mol. The van der Waals surface area contributed by atoms with E-state index in [0.29, 0.717) is 0 Å². The van der Waals surface area contributed by atoms with E-state index in [1.807, 2.05) is 23.5 Å². The van der Waals surface area contributed by atoms with Crippen LogP contribution in [0, 0.1) is 6.92 Å². The van der Waals surface area contributed by atoms with Gasteiger partial charge in [0.05, 0.1) is 7.11 Å². The summed E-state index contributed by atoms with van der Waals surface area (Å²) in [4.78, 5) is 1.30. The summed E-state index contributed by atoms with van der Waals surface area (Å²) in [6.07, 6.45) is 0. The summed E-state index contributed by atoms with van der Waals surface area (Å²) in [5, 5.41) is 1.32. The number of aryl methyl sites for hydroxylation is 1. The highest BCUT2D eigenvalue weighted by atomic mass is 32.1. The van der Waals surface area contributed by atoms with Crippen LogP contribution in [-0.4, -0.2) is 7.11 Å². The van der Waals surface area contributed by atoms with Gasteiger partial charge in [-0.2, -0.15) is 0 Å². The fourth-order valence-corrected chi connectivity index (χ4v) is 3.20. The molecule has 18 heavy (non-hydrogen) atoms. The fraction of sp³-hybridized carbons (Fsp3) is 0.125. The van der Waals surface area contributed by atoms with E-state index in [9.17, 15) is 0 Å². The van der Waals surface area contributed by atoms with Crippen molar-refractivity contribution in [3.63, 3.8) is 0 Å². The third-order valence-corrected chi connectivity index (χ3v) is 4.20. The zero-order valence-electron chi connectivity index (χ0n) is 10.4. The van der Waals surface area contributed by atoms with E-state index in [2.05, 4.69) is 43.3 Å². The summed E-state index contributed by atoms with van der Waals surface area (Å²) in [6, 6.07) is 17.1. The van der Waals surface area contributed by atoms with Crippen LogP contribution >= 0.6 is 11.3 Å². The maximum atomic E-state index is 5.18. The summed E-state index contributed by atoms with van der Waals surface area (Å²) in [5.41, 5.74) is 2.56. The van der Waals surface area contributed by atoms with Gasteiger partial charge in [-0.25, -0.2) is 0 Å². The molecule has 0 spiro atoms. The van der Waals surface area contributed by atoms with Gasteiger partial charge >= 0.3 is 0 Å². The van der Waals surface area contributed by atoms with Gasteiger partial charge in [-0.1, -0.05) is 12.1 Å². The van der Waals surface area contributed by atoms with E-state index in [1.54, 1.807) is 7.11 Å². The van der Waals surface area contributed by atoms with Crippen molar-refractivity contribution in [1.29, 1.82) is 0 Å². The van der Waals surface area contributed by atoms with Gasteiger partial charge < -0.3 is 4.74 Å². The Morgan fingerprint density at radius 1 is 0.944 bits per heavy atom. The Kier molecular flexibility index (Phi) is 2.80. The molecule has 1 aromatic heterocycles. The highest BCUT2D eigenvalue weighted by Gasteiger charge is 2.04. The van der Waals surface area contributed by atoms with Crippen LogP contribution in [0.2, 0.25) is 0 Å². The van der Waals surface area contributed by atoms with Gasteiger partial charge in [0.15, 0.2) is 0 Å². The van der Waals surface area contributed by atoms with Gasteiger partial charge in [0.2, 0.25) is 0 Å². The molecular weight excluding hydrogens is 240 g/mol. The molecule has 0 aliphatic heterocycles. The molecule has 1 heterocycles. The number of benzene rings is 2. The molecule has 90 valence electrons. The maximum Gasteiger partial charge on any atom is 0.118 e. The van der Waals surface area contributed by atoms with Crippen molar-refractivity contribution < 1.29 is 4.74 Å². The Morgan fingerprint density at radius 2 is 1.72 bits per heavy atom. The summed E-state index contributed by atoms with van der Waals surface area (Å²) in [5.74, 6) is 0.899. The molecular formula is C16H14OS. The van der Waals surface area contributed by atoms with Crippen molar-refractivity contribution in [2.24, 2.45) is 0 Å². The Morgan fingerprint density at radius 3 is 2.44 bits per heavy atom. The van der Waals surface area contributed by atoms with Gasteiger partial charge in [-0.3, -0.25) is 0 Å². The SMILES string of the molecule is COc1ccc(-c2cc3ccc(C)cc3s2)cc1. The lowest BCUT2D eigenvalue weighted by atomic mass is 10.1. The average molecular weight is 254 g/mol. The van der Waals surface area contributed by atoms with Gasteiger partial charge in [0.1, 0.15) is 5.75 Å². The van der Waals surface area contributed by atoms with E-state index in [-0.39, 0.29) is 0 Å². The molecule has 2 aromatic carbocycles. The van der Waals surface area contributed by atoms with E-state index < -0.39 is 0 Å². The Labute approximate surface area is 111 Å². The van der Waals surface area contributed by atoms with Crippen LogP contribution in [0.5, 0.6) is 5.75 Å². The second-order valence-electron chi connectivity index (χ2n) is 4.38. The molecule has 3 aromatic rings. The maximum absolute atomic E-state index is 5.18. The first-order valence-corrected chi connectivity index (χ1v) is 6.72. The predicted octanol–water partition coefficient (Wildman–Crippen LogP) is 4.89. The molecule has 0 fully saturated rings. The Balaban J connectivity index is 2.07. The number of methoxy groups -OCH3 is 1. The van der Waals surface area contributed by atoms with Crippen molar-refractivity contribution in [1.82, 2.24) is 0 Å². The number of rotatable bonds is 2. The molecule has 0 saturated carbocycles. The molecule has 3 rings (SSSR count). The molecule has 0 amide bonds. The molecule has 0 saturated heterocycles. The van der Waals surface area contributed by atoms with Crippen LogP contribution in [0.1, 0.15) is 5.56 Å². The summed E-state index contributed by atoms with van der Waals surface area (Å²) in [7, 11) is 1.69. The number of fused-ring (bicyclic) bond motifs is 1. The van der Waals surface area contributed by atoms with Gasteiger partial charge in [-0.15, -0.1) is 11.3 Å². The zero-order chi connectivity index (χ0) is 12.5. The normalized spacial score (nSPS) is 10.8. The second-order valence-corrected chi connectivity index (χ2v) is 5.46. The highest BCUT2D eigenvalue weighted by Crippen LogP contribution is 2.34. The van der Waals surface area contributed by atoms with Crippen molar-refractivity contribution in [2.45, 2.75) is 6.92 Å². The standard InChI is InChI=1S/C16H14OS/c1-11-3-4-13-10-16(18-15(13)9-11)12-5-7-14(17-2)8-6-12/h3-10H,1-2H3. The zero-order valence-corrected chi connectivity index (χ0v) is 11.3. The van der Waals surface area contributed by atoms with Gasteiger partial charge in [0.25, 0.3) is 0 Å². The van der Waals surface area contributed by atoms with Crippen LogP contribution in [0.15, 0.2) is 48.5 Å². The molecule has 0 radical (unpaired) electrons. The fourth-order valence-electron chi connectivity index (χ4n) is 2.04. The van der Waals surface area contributed by atoms with Crippen molar-refractivity contribution in [3.05, 3.63) is 54.1 Å². The molecule has 0 bridgehead atoms. The van der Waals surface area contributed by atoms with E-state index in [0.717, 1.165) is 5.75 Å². The van der Waals surface area contributed by atoms with Crippen molar-refractivity contribution >= 4 is 21.4 Å². The Hall–Kier alpha value is -1.80. The van der Waals surface area contributed by atoms with E-state index in [1.165, 1.54) is 26.1 Å². The topological polar surface area (TPSA) is 9.23 Å². The number of ether oxygens (including phenoxy) is 1. The minimum Gasteiger partial charge on any atom is -0.497 e. The molecule has 0 unspecified atom stereocenters.